The van der Waals surface area contributed by atoms with Gasteiger partial charge in [-0.25, -0.2) is 0 Å². The van der Waals surface area contributed by atoms with Crippen molar-refractivity contribution < 1.29 is 18.9 Å². The lowest BCUT2D eigenvalue weighted by molar-refractivity contribution is -0.137. The largest absolute Gasteiger partial charge is 0.345 e. The normalized spacial score (nSPS) is 12.8. The molecule has 3 amide bonds. The number of hydrogen-bond donors (Lipinski definition) is 3. The average Bonchev–Trinajstić information content (AvgIpc) is 3.59. The Labute approximate surface area is 286 Å². The highest BCUT2D eigenvalue weighted by Crippen LogP contribution is 2.25. The topological polar surface area (TPSA) is 143 Å². The quantitative estimate of drug-likeness (QED) is 0.137. The van der Waals surface area contributed by atoms with E-state index in [9.17, 15) is 14.4 Å². The number of fused-ring (bicyclic) bond motifs is 1. The van der Waals surface area contributed by atoms with Crippen LogP contribution in [0.2, 0.25) is 0 Å². The van der Waals surface area contributed by atoms with E-state index in [-0.39, 0.29) is 24.0 Å². The van der Waals surface area contributed by atoms with Crippen LogP contribution >= 0.6 is 0 Å². The zero-order valence-corrected chi connectivity index (χ0v) is 28.0. The lowest BCUT2D eigenvalue weighted by Gasteiger charge is -2.30. The molecule has 5 rings (SSSR count). The molecule has 5 aromatic rings. The molecule has 0 spiro atoms. The number of hydrogen-bond acceptors (Lipinski definition) is 7. The van der Waals surface area contributed by atoms with Crippen molar-refractivity contribution in [2.75, 3.05) is 7.05 Å². The molecule has 0 aliphatic carbocycles. The number of carbonyl (C=O) groups is 3. The van der Waals surface area contributed by atoms with Gasteiger partial charge in [-0.1, -0.05) is 114 Å². The standard InChI is InChI=1S/C39H42N6O4/c1-39(2,40)22-12-19-34(46)42-32(24-29-20-21-30-17-10-11-18-31(30)23-29)38(48)45(3)33(25-27-13-6-4-7-14-27)37-43-35(44-49-37)36(47)41-26-28-15-8-5-9-16-28/h4-21,23,32-33H,22,24-26,40H2,1-3H3,(H,41,47)(H,42,46)/b19-12+. The van der Waals surface area contributed by atoms with E-state index in [1.807, 2.05) is 117 Å². The zero-order valence-electron chi connectivity index (χ0n) is 28.0. The Balaban J connectivity index is 1.41. The van der Waals surface area contributed by atoms with E-state index in [1.165, 1.54) is 11.0 Å². The van der Waals surface area contributed by atoms with Crippen LogP contribution in [0.15, 0.2) is 120 Å². The Morgan fingerprint density at radius 2 is 1.51 bits per heavy atom. The predicted octanol–water partition coefficient (Wildman–Crippen LogP) is 5.31. The fourth-order valence-corrected chi connectivity index (χ4v) is 5.44. The molecule has 0 bridgehead atoms. The molecule has 4 N–H and O–H groups in total. The highest BCUT2D eigenvalue weighted by molar-refractivity contribution is 5.93. The molecule has 1 heterocycles. The molecule has 0 aliphatic heterocycles. The zero-order chi connectivity index (χ0) is 34.8. The minimum absolute atomic E-state index is 0.102. The first kappa shape index (κ1) is 34.7. The van der Waals surface area contributed by atoms with Crippen molar-refractivity contribution in [1.29, 1.82) is 0 Å². The molecule has 10 nitrogen and oxygen atoms in total. The minimum Gasteiger partial charge on any atom is -0.345 e. The summed E-state index contributed by atoms with van der Waals surface area (Å²) in [5.74, 6) is -1.31. The fraction of sp³-hybridized carbons (Fsp3) is 0.256. The van der Waals surface area contributed by atoms with E-state index in [0.29, 0.717) is 19.4 Å². The number of nitrogens with one attached hydrogen (secondary N) is 2. The van der Waals surface area contributed by atoms with Gasteiger partial charge >= 0.3 is 0 Å². The monoisotopic (exact) mass is 658 g/mol. The summed E-state index contributed by atoms with van der Waals surface area (Å²) in [6.07, 6.45) is 4.18. The second kappa shape index (κ2) is 16.0. The van der Waals surface area contributed by atoms with Crippen LogP contribution in [0.5, 0.6) is 0 Å². The van der Waals surface area contributed by atoms with Crippen molar-refractivity contribution in [2.45, 2.75) is 57.3 Å². The molecule has 252 valence electrons. The molecule has 2 atom stereocenters. The van der Waals surface area contributed by atoms with Crippen LogP contribution < -0.4 is 16.4 Å². The second-order valence-electron chi connectivity index (χ2n) is 12.8. The summed E-state index contributed by atoms with van der Waals surface area (Å²) in [4.78, 5) is 46.4. The molecule has 0 saturated heterocycles. The maximum Gasteiger partial charge on any atom is 0.292 e. The molecule has 0 fully saturated rings. The fourth-order valence-electron chi connectivity index (χ4n) is 5.44. The molecule has 10 heteroatoms. The summed E-state index contributed by atoms with van der Waals surface area (Å²) in [5.41, 5.74) is 8.33. The first-order valence-electron chi connectivity index (χ1n) is 16.3. The molecule has 4 aromatic carbocycles. The van der Waals surface area contributed by atoms with E-state index < -0.39 is 29.4 Å². The van der Waals surface area contributed by atoms with Gasteiger partial charge < -0.3 is 25.8 Å². The van der Waals surface area contributed by atoms with E-state index in [1.54, 1.807) is 13.1 Å². The number of nitrogens with two attached hydrogens (primary N) is 1. The number of benzene rings is 4. The Morgan fingerprint density at radius 3 is 2.20 bits per heavy atom. The number of amides is 3. The lowest BCUT2D eigenvalue weighted by atomic mass is 9.99. The number of likely N-dealkylation sites (N-methyl/N-ethyl adjacent to an activating group) is 1. The Morgan fingerprint density at radius 1 is 0.857 bits per heavy atom. The average molecular weight is 659 g/mol. The second-order valence-corrected chi connectivity index (χ2v) is 12.8. The summed E-state index contributed by atoms with van der Waals surface area (Å²) in [7, 11) is 1.64. The highest BCUT2D eigenvalue weighted by atomic mass is 16.5. The number of aromatic nitrogens is 2. The van der Waals surface area contributed by atoms with Crippen molar-refractivity contribution in [3.05, 3.63) is 144 Å². The predicted molar refractivity (Wildman–Crippen MR) is 189 cm³/mol. The summed E-state index contributed by atoms with van der Waals surface area (Å²) < 4.78 is 5.63. The van der Waals surface area contributed by atoms with Crippen LogP contribution in [0, 0.1) is 0 Å². The van der Waals surface area contributed by atoms with Crippen LogP contribution in [0.3, 0.4) is 0 Å². The van der Waals surface area contributed by atoms with Crippen molar-refractivity contribution >= 4 is 28.5 Å². The molecular weight excluding hydrogens is 616 g/mol. The van der Waals surface area contributed by atoms with Crippen LogP contribution in [0.4, 0.5) is 0 Å². The van der Waals surface area contributed by atoms with E-state index >= 15 is 0 Å². The van der Waals surface area contributed by atoms with Crippen LogP contribution in [0.1, 0.15) is 59.5 Å². The molecule has 49 heavy (non-hydrogen) atoms. The molecule has 0 radical (unpaired) electrons. The first-order chi connectivity index (χ1) is 23.6. The van der Waals surface area contributed by atoms with E-state index in [0.717, 1.165) is 27.5 Å². The summed E-state index contributed by atoms with van der Waals surface area (Å²) in [6.45, 7) is 4.04. The third-order valence-corrected chi connectivity index (χ3v) is 8.09. The summed E-state index contributed by atoms with van der Waals surface area (Å²) in [6, 6.07) is 31.4. The Kier molecular flexibility index (Phi) is 11.3. The van der Waals surface area contributed by atoms with Gasteiger partial charge in [0.25, 0.3) is 11.7 Å². The SMILES string of the molecule is CN(C(=O)C(Cc1ccc2ccccc2c1)NC(=O)/C=C/CC(C)(C)N)C(Cc1ccccc1)c1nc(C(=O)NCc2ccccc2)no1. The molecule has 2 unspecified atom stereocenters. The van der Waals surface area contributed by atoms with Gasteiger partial charge in [0.2, 0.25) is 17.7 Å². The number of rotatable bonds is 14. The smallest absolute Gasteiger partial charge is 0.292 e. The Hall–Kier alpha value is -5.61. The van der Waals surface area contributed by atoms with Gasteiger partial charge in [-0.2, -0.15) is 4.98 Å². The maximum atomic E-state index is 14.4. The highest BCUT2D eigenvalue weighted by Gasteiger charge is 2.33. The van der Waals surface area contributed by atoms with Crippen molar-refractivity contribution in [3.8, 4) is 0 Å². The lowest BCUT2D eigenvalue weighted by Crippen LogP contribution is -2.49. The third-order valence-electron chi connectivity index (χ3n) is 8.09. The maximum absolute atomic E-state index is 14.4. The summed E-state index contributed by atoms with van der Waals surface area (Å²) in [5, 5.41) is 11.8. The van der Waals surface area contributed by atoms with Crippen molar-refractivity contribution in [2.24, 2.45) is 5.73 Å². The molecule has 1 aromatic heterocycles. The molecule has 0 saturated carbocycles. The van der Waals surface area contributed by atoms with Crippen LogP contribution in [-0.4, -0.2) is 51.4 Å². The van der Waals surface area contributed by atoms with Crippen molar-refractivity contribution in [1.82, 2.24) is 25.7 Å². The van der Waals surface area contributed by atoms with Crippen LogP contribution in [0.25, 0.3) is 10.8 Å². The van der Waals surface area contributed by atoms with Gasteiger partial charge in [0.05, 0.1) is 0 Å². The number of nitrogens with zero attached hydrogens (tertiary/aromatic N) is 3. The van der Waals surface area contributed by atoms with Crippen molar-refractivity contribution in [3.63, 3.8) is 0 Å². The van der Waals surface area contributed by atoms with Gasteiger partial charge in [0.15, 0.2) is 0 Å². The minimum atomic E-state index is -0.927. The Bertz CT molecular complexity index is 1900. The molecule has 0 aliphatic rings. The van der Waals surface area contributed by atoms with Crippen LogP contribution in [-0.2, 0) is 29.0 Å². The van der Waals surface area contributed by atoms with Gasteiger partial charge in [0.1, 0.15) is 12.1 Å². The summed E-state index contributed by atoms with van der Waals surface area (Å²) >= 11 is 0. The van der Waals surface area contributed by atoms with Gasteiger partial charge in [0, 0.05) is 32.0 Å². The van der Waals surface area contributed by atoms with E-state index in [2.05, 4.69) is 20.8 Å². The third kappa shape index (κ3) is 9.94. The number of carbonyl (C=O) groups excluding carboxylic acids is 3. The van der Waals surface area contributed by atoms with E-state index in [4.69, 9.17) is 10.3 Å². The van der Waals surface area contributed by atoms with Gasteiger partial charge in [-0.3, -0.25) is 14.4 Å². The molecular formula is C39H42N6O4. The first-order valence-corrected chi connectivity index (χ1v) is 16.3. The van der Waals surface area contributed by atoms with Gasteiger partial charge in [-0.05, 0) is 53.8 Å². The van der Waals surface area contributed by atoms with Gasteiger partial charge in [-0.15, -0.1) is 0 Å².